The van der Waals surface area contributed by atoms with E-state index in [0.29, 0.717) is 5.92 Å². The summed E-state index contributed by atoms with van der Waals surface area (Å²) in [7, 11) is 0. The van der Waals surface area contributed by atoms with E-state index in [-0.39, 0.29) is 11.7 Å². The van der Waals surface area contributed by atoms with Crippen molar-refractivity contribution in [3.05, 3.63) is 52.7 Å². The molecule has 20 heavy (non-hydrogen) atoms. The van der Waals surface area contributed by atoms with Crippen LogP contribution in [0.15, 0.2) is 41.5 Å². The van der Waals surface area contributed by atoms with Crippen LogP contribution in [0.3, 0.4) is 0 Å². The molecule has 0 spiro atoms. The van der Waals surface area contributed by atoms with Crippen molar-refractivity contribution < 1.29 is 0 Å². The molecule has 1 fully saturated rings. The fraction of sp³-hybridized carbons (Fsp3) is 0.438. The number of hydrogen-bond donors (Lipinski definition) is 1. The quantitative estimate of drug-likeness (QED) is 0.930. The van der Waals surface area contributed by atoms with Gasteiger partial charge < -0.3 is 5.32 Å². The van der Waals surface area contributed by atoms with Gasteiger partial charge >= 0.3 is 5.69 Å². The number of imidazole rings is 1. The van der Waals surface area contributed by atoms with E-state index in [1.54, 1.807) is 9.13 Å². The van der Waals surface area contributed by atoms with Crippen LogP contribution in [-0.2, 0) is 0 Å². The Morgan fingerprint density at radius 2 is 2.05 bits per heavy atom. The predicted octanol–water partition coefficient (Wildman–Crippen LogP) is 2.30. The maximum atomic E-state index is 12.5. The third-order valence-electron chi connectivity index (χ3n) is 4.06. The van der Waals surface area contributed by atoms with Gasteiger partial charge in [-0.15, -0.1) is 0 Å². The highest BCUT2D eigenvalue weighted by molar-refractivity contribution is 5.43. The molecule has 0 radical (unpaired) electrons. The third-order valence-corrected chi connectivity index (χ3v) is 4.06. The molecule has 0 aliphatic carbocycles. The Labute approximate surface area is 119 Å². The summed E-state index contributed by atoms with van der Waals surface area (Å²) in [5, 5.41) is 3.39. The van der Waals surface area contributed by atoms with Gasteiger partial charge in [-0.1, -0.05) is 18.2 Å². The zero-order valence-electron chi connectivity index (χ0n) is 12.0. The van der Waals surface area contributed by atoms with Crippen LogP contribution >= 0.6 is 0 Å². The molecular formula is C16H21N3O. The number of benzene rings is 1. The average Bonchev–Trinajstić information content (AvgIpc) is 3.08. The van der Waals surface area contributed by atoms with E-state index < -0.39 is 0 Å². The lowest BCUT2D eigenvalue weighted by Crippen LogP contribution is -2.25. The van der Waals surface area contributed by atoms with Gasteiger partial charge in [-0.2, -0.15) is 0 Å². The lowest BCUT2D eigenvalue weighted by Gasteiger charge is -2.15. The minimum atomic E-state index is 0.0402. The molecule has 4 heteroatoms. The molecule has 1 saturated heterocycles. The Morgan fingerprint density at radius 3 is 2.70 bits per heavy atom. The summed E-state index contributed by atoms with van der Waals surface area (Å²) in [6.07, 6.45) is 4.89. The van der Waals surface area contributed by atoms with Crippen LogP contribution in [0.25, 0.3) is 5.69 Å². The van der Waals surface area contributed by atoms with Crippen LogP contribution in [0.1, 0.15) is 37.8 Å². The predicted molar refractivity (Wildman–Crippen MR) is 80.6 cm³/mol. The van der Waals surface area contributed by atoms with Crippen molar-refractivity contribution in [2.24, 2.45) is 0 Å². The number of nitrogens with one attached hydrogen (secondary N) is 1. The SMILES string of the molecule is CC(C)n1ccn(-c2ccccc2C2CCNC2)c1=O. The molecule has 1 atom stereocenters. The first-order valence-corrected chi connectivity index (χ1v) is 7.28. The largest absolute Gasteiger partial charge is 0.332 e. The molecule has 1 aliphatic heterocycles. The maximum absolute atomic E-state index is 12.5. The van der Waals surface area contributed by atoms with E-state index in [4.69, 9.17) is 0 Å². The summed E-state index contributed by atoms with van der Waals surface area (Å²) < 4.78 is 3.54. The van der Waals surface area contributed by atoms with Gasteiger partial charge in [0.15, 0.2) is 0 Å². The number of nitrogens with zero attached hydrogens (tertiary/aromatic N) is 2. The first-order chi connectivity index (χ1) is 9.68. The minimum absolute atomic E-state index is 0.0402. The van der Waals surface area contributed by atoms with E-state index in [9.17, 15) is 4.79 Å². The number of para-hydroxylation sites is 1. The smallest absolute Gasteiger partial charge is 0.316 e. The first-order valence-electron chi connectivity index (χ1n) is 7.28. The maximum Gasteiger partial charge on any atom is 0.332 e. The van der Waals surface area contributed by atoms with Crippen molar-refractivity contribution in [2.75, 3.05) is 13.1 Å². The van der Waals surface area contributed by atoms with Crippen LogP contribution in [0.2, 0.25) is 0 Å². The van der Waals surface area contributed by atoms with Gasteiger partial charge in [0.2, 0.25) is 0 Å². The first kappa shape index (κ1) is 13.2. The molecule has 1 aromatic carbocycles. The lowest BCUT2D eigenvalue weighted by atomic mass is 9.96. The Bertz CT molecular complexity index is 648. The second-order valence-electron chi connectivity index (χ2n) is 5.70. The molecular weight excluding hydrogens is 250 g/mol. The zero-order chi connectivity index (χ0) is 14.1. The van der Waals surface area contributed by atoms with Crippen molar-refractivity contribution in [3.63, 3.8) is 0 Å². The molecule has 1 aliphatic rings. The molecule has 0 saturated carbocycles. The standard InChI is InChI=1S/C16H21N3O/c1-12(2)18-9-10-19(16(18)20)15-6-4-3-5-14(15)13-7-8-17-11-13/h3-6,9-10,12-13,17H,7-8,11H2,1-2H3. The minimum Gasteiger partial charge on any atom is -0.316 e. The third kappa shape index (κ3) is 2.20. The number of hydrogen-bond acceptors (Lipinski definition) is 2. The van der Waals surface area contributed by atoms with Crippen LogP contribution in [0.4, 0.5) is 0 Å². The van der Waals surface area contributed by atoms with Crippen molar-refractivity contribution in [2.45, 2.75) is 32.2 Å². The van der Waals surface area contributed by atoms with Crippen molar-refractivity contribution in [3.8, 4) is 5.69 Å². The van der Waals surface area contributed by atoms with E-state index in [1.807, 2.05) is 38.4 Å². The van der Waals surface area contributed by atoms with Crippen LogP contribution in [-0.4, -0.2) is 22.2 Å². The zero-order valence-corrected chi connectivity index (χ0v) is 12.0. The van der Waals surface area contributed by atoms with E-state index in [0.717, 1.165) is 25.2 Å². The molecule has 1 aromatic heterocycles. The molecule has 1 N–H and O–H groups in total. The molecule has 2 heterocycles. The summed E-state index contributed by atoms with van der Waals surface area (Å²) in [6.45, 7) is 6.11. The van der Waals surface area contributed by atoms with Gasteiger partial charge in [0.05, 0.1) is 5.69 Å². The lowest BCUT2D eigenvalue weighted by molar-refractivity contribution is 0.573. The fourth-order valence-electron chi connectivity index (χ4n) is 2.94. The fourth-order valence-corrected chi connectivity index (χ4v) is 2.94. The highest BCUT2D eigenvalue weighted by atomic mass is 16.1. The average molecular weight is 271 g/mol. The van der Waals surface area contributed by atoms with E-state index >= 15 is 0 Å². The second-order valence-corrected chi connectivity index (χ2v) is 5.70. The Kier molecular flexibility index (Phi) is 3.49. The monoisotopic (exact) mass is 271 g/mol. The molecule has 4 nitrogen and oxygen atoms in total. The van der Waals surface area contributed by atoms with Crippen molar-refractivity contribution in [1.82, 2.24) is 14.5 Å². The topological polar surface area (TPSA) is 39.0 Å². The molecule has 1 unspecified atom stereocenters. The summed E-state index contributed by atoms with van der Waals surface area (Å²) in [6, 6.07) is 8.43. The van der Waals surface area contributed by atoms with Crippen LogP contribution in [0, 0.1) is 0 Å². The number of rotatable bonds is 3. The summed E-state index contributed by atoms with van der Waals surface area (Å²) in [5.41, 5.74) is 2.32. The highest BCUT2D eigenvalue weighted by Crippen LogP contribution is 2.27. The Morgan fingerprint density at radius 1 is 1.25 bits per heavy atom. The highest BCUT2D eigenvalue weighted by Gasteiger charge is 2.21. The van der Waals surface area contributed by atoms with E-state index in [1.165, 1.54) is 5.56 Å². The Balaban J connectivity index is 2.08. The molecule has 2 aromatic rings. The Hall–Kier alpha value is -1.81. The van der Waals surface area contributed by atoms with Gasteiger partial charge in [-0.3, -0.25) is 9.13 Å². The van der Waals surface area contributed by atoms with Crippen molar-refractivity contribution in [1.29, 1.82) is 0 Å². The van der Waals surface area contributed by atoms with Gasteiger partial charge in [0.1, 0.15) is 0 Å². The van der Waals surface area contributed by atoms with Gasteiger partial charge in [0.25, 0.3) is 0 Å². The molecule has 106 valence electrons. The van der Waals surface area contributed by atoms with Gasteiger partial charge in [-0.25, -0.2) is 4.79 Å². The molecule has 0 amide bonds. The summed E-state index contributed by atoms with van der Waals surface area (Å²) in [4.78, 5) is 12.5. The van der Waals surface area contributed by atoms with E-state index in [2.05, 4.69) is 17.4 Å². The van der Waals surface area contributed by atoms with Crippen molar-refractivity contribution >= 4 is 0 Å². The summed E-state index contributed by atoms with van der Waals surface area (Å²) in [5.74, 6) is 0.500. The molecule has 3 rings (SSSR count). The summed E-state index contributed by atoms with van der Waals surface area (Å²) >= 11 is 0. The number of aromatic nitrogens is 2. The second kappa shape index (κ2) is 5.29. The van der Waals surface area contributed by atoms with Crippen LogP contribution in [0.5, 0.6) is 0 Å². The van der Waals surface area contributed by atoms with Gasteiger partial charge in [0, 0.05) is 25.0 Å². The van der Waals surface area contributed by atoms with Crippen LogP contribution < -0.4 is 11.0 Å². The molecule has 0 bridgehead atoms. The van der Waals surface area contributed by atoms with Gasteiger partial charge in [-0.05, 0) is 44.4 Å². The normalized spacial score (nSPS) is 18.9.